The number of halogens is 13. The lowest BCUT2D eigenvalue weighted by Gasteiger charge is -2.39. The fraction of sp³-hybridized carbons (Fsp3) is 0.571. The van der Waals surface area contributed by atoms with Crippen molar-refractivity contribution in [1.29, 1.82) is 0 Å². The van der Waals surface area contributed by atoms with Crippen molar-refractivity contribution >= 4 is 10.1 Å². The van der Waals surface area contributed by atoms with E-state index in [1.165, 1.54) is 6.92 Å². The molecule has 1 rings (SSSR count). The molecule has 180 valence electrons. The summed E-state index contributed by atoms with van der Waals surface area (Å²) in [5.41, 5.74) is 0.406. The van der Waals surface area contributed by atoms with Gasteiger partial charge in [-0.2, -0.15) is 65.5 Å². The van der Waals surface area contributed by atoms with Crippen LogP contribution in [0.4, 0.5) is 57.1 Å². The Bertz CT molecular complexity index is 889. The maximum atomic E-state index is 13.5. The minimum atomic E-state index is -8.07. The molecule has 0 aliphatic carbocycles. The van der Waals surface area contributed by atoms with Gasteiger partial charge in [-0.1, -0.05) is 17.7 Å². The number of hydrogen-bond acceptors (Lipinski definition) is 3. The molecule has 0 bridgehead atoms. The van der Waals surface area contributed by atoms with Gasteiger partial charge in [0.15, 0.2) is 0 Å². The second kappa shape index (κ2) is 7.67. The molecule has 0 heterocycles. The SMILES string of the molecule is Cc1ccc(S(=O)(=O)OCC(F)(F)C(F)(F)C(F)(F)C(F)(F)C(F)(F)C(F)(F)F)cc1. The van der Waals surface area contributed by atoms with Gasteiger partial charge in [-0.25, -0.2) is 0 Å². The van der Waals surface area contributed by atoms with Crippen LogP contribution in [0.15, 0.2) is 29.2 Å². The molecule has 0 N–H and O–H groups in total. The van der Waals surface area contributed by atoms with E-state index >= 15 is 0 Å². The van der Waals surface area contributed by atoms with Gasteiger partial charge in [-0.15, -0.1) is 0 Å². The average molecular weight is 504 g/mol. The molecule has 0 radical (unpaired) electrons. The molecule has 1 aromatic rings. The summed E-state index contributed by atoms with van der Waals surface area (Å²) in [5, 5.41) is 0. The first-order valence-electron chi connectivity index (χ1n) is 7.37. The fourth-order valence-electron chi connectivity index (χ4n) is 1.82. The maximum Gasteiger partial charge on any atom is 0.460 e. The summed E-state index contributed by atoms with van der Waals surface area (Å²) in [4.78, 5) is -0.974. The molecule has 0 fully saturated rings. The van der Waals surface area contributed by atoms with Crippen LogP contribution in [0.3, 0.4) is 0 Å². The molecule has 0 amide bonds. The lowest BCUT2D eigenvalue weighted by molar-refractivity contribution is -0.440. The molecule has 0 spiro atoms. The van der Waals surface area contributed by atoms with Crippen LogP contribution in [0.5, 0.6) is 0 Å². The van der Waals surface area contributed by atoms with Crippen LogP contribution >= 0.6 is 0 Å². The molecular formula is C14H9F13O3S. The summed E-state index contributed by atoms with van der Waals surface area (Å²) in [5.74, 6) is -38.2. The van der Waals surface area contributed by atoms with Gasteiger partial charge < -0.3 is 0 Å². The zero-order chi connectivity index (χ0) is 24.9. The van der Waals surface area contributed by atoms with Crippen molar-refractivity contribution in [2.75, 3.05) is 6.61 Å². The van der Waals surface area contributed by atoms with Crippen molar-refractivity contribution in [3.05, 3.63) is 29.8 Å². The number of rotatable bonds is 8. The van der Waals surface area contributed by atoms with Gasteiger partial charge in [0.1, 0.15) is 6.61 Å². The van der Waals surface area contributed by atoms with E-state index in [1.54, 1.807) is 0 Å². The maximum absolute atomic E-state index is 13.5. The molecule has 17 heteroatoms. The Morgan fingerprint density at radius 3 is 1.45 bits per heavy atom. The molecule has 0 saturated carbocycles. The average Bonchev–Trinajstić information content (AvgIpc) is 2.59. The lowest BCUT2D eigenvalue weighted by atomic mass is 9.94. The van der Waals surface area contributed by atoms with Crippen LogP contribution < -0.4 is 0 Å². The summed E-state index contributed by atoms with van der Waals surface area (Å²) in [7, 11) is -5.38. The predicted octanol–water partition coefficient (Wildman–Crippen LogP) is 5.44. The Labute approximate surface area is 164 Å². The number of alkyl halides is 13. The smallest absolute Gasteiger partial charge is 0.260 e. The number of benzene rings is 1. The highest BCUT2D eigenvalue weighted by Crippen LogP contribution is 2.60. The number of aryl methyl sites for hydroxylation is 1. The van der Waals surface area contributed by atoms with Gasteiger partial charge in [0.05, 0.1) is 4.90 Å². The summed E-state index contributed by atoms with van der Waals surface area (Å²) in [6.07, 6.45) is -7.53. The van der Waals surface area contributed by atoms with E-state index in [-0.39, 0.29) is 0 Å². The molecule has 0 aliphatic rings. The third kappa shape index (κ3) is 4.42. The van der Waals surface area contributed by atoms with E-state index in [0.717, 1.165) is 12.1 Å². The third-order valence-electron chi connectivity index (χ3n) is 3.70. The first-order chi connectivity index (χ1) is 13.5. The first kappa shape index (κ1) is 27.3. The van der Waals surface area contributed by atoms with Crippen LogP contribution in [0.2, 0.25) is 0 Å². The quantitative estimate of drug-likeness (QED) is 0.350. The highest BCUT2D eigenvalue weighted by atomic mass is 32.2. The summed E-state index contributed by atoms with van der Waals surface area (Å²) in [6.45, 7) is -1.87. The molecule has 31 heavy (non-hydrogen) atoms. The normalized spacial score (nSPS) is 15.3. The third-order valence-corrected chi connectivity index (χ3v) is 4.98. The minimum Gasteiger partial charge on any atom is -0.260 e. The van der Waals surface area contributed by atoms with E-state index in [9.17, 15) is 65.5 Å². The van der Waals surface area contributed by atoms with Gasteiger partial charge in [0, 0.05) is 0 Å². The molecule has 0 aliphatic heterocycles. The zero-order valence-corrected chi connectivity index (χ0v) is 15.4. The molecule has 0 atom stereocenters. The topological polar surface area (TPSA) is 43.4 Å². The van der Waals surface area contributed by atoms with E-state index < -0.39 is 57.4 Å². The highest BCUT2D eigenvalue weighted by molar-refractivity contribution is 7.86. The molecule has 0 saturated heterocycles. The van der Waals surface area contributed by atoms with Gasteiger partial charge in [0.2, 0.25) is 0 Å². The van der Waals surface area contributed by atoms with Crippen LogP contribution in [-0.2, 0) is 14.3 Å². The largest absolute Gasteiger partial charge is 0.460 e. The Balaban J connectivity index is 3.29. The van der Waals surface area contributed by atoms with E-state index in [1.807, 2.05) is 0 Å². The molecular weight excluding hydrogens is 495 g/mol. The van der Waals surface area contributed by atoms with Crippen LogP contribution in [0, 0.1) is 6.92 Å². The summed E-state index contributed by atoms with van der Waals surface area (Å²) < 4.78 is 195. The standard InChI is InChI=1S/C14H9F13O3S/c1-7-2-4-8(5-3-7)31(28,29)30-6-9(15,16)10(17,18)11(19,20)12(21,22)13(23,24)14(25,26)27/h2-5H,6H2,1H3. The predicted molar refractivity (Wildman–Crippen MR) is 75.1 cm³/mol. The number of hydrogen-bond donors (Lipinski definition) is 0. The Kier molecular flexibility index (Phi) is 6.74. The van der Waals surface area contributed by atoms with Crippen LogP contribution in [0.25, 0.3) is 0 Å². The van der Waals surface area contributed by atoms with Crippen LogP contribution in [-0.4, -0.2) is 50.8 Å². The van der Waals surface area contributed by atoms with E-state index in [2.05, 4.69) is 4.18 Å². The molecule has 3 nitrogen and oxygen atoms in total. The van der Waals surface area contributed by atoms with Crippen molar-refractivity contribution in [3.8, 4) is 0 Å². The molecule has 1 aromatic carbocycles. The minimum absolute atomic E-state index is 0.406. The van der Waals surface area contributed by atoms with E-state index in [4.69, 9.17) is 0 Å². The fourth-order valence-corrected chi connectivity index (χ4v) is 2.73. The monoisotopic (exact) mass is 504 g/mol. The second-order valence-corrected chi connectivity index (χ2v) is 7.64. The summed E-state index contributed by atoms with van der Waals surface area (Å²) in [6, 6.07) is 3.48. The molecule has 0 unspecified atom stereocenters. The highest BCUT2D eigenvalue weighted by Gasteiger charge is 2.90. The Hall–Kier alpha value is -1.78. The van der Waals surface area contributed by atoms with Crippen LogP contribution in [0.1, 0.15) is 5.56 Å². The van der Waals surface area contributed by atoms with Crippen molar-refractivity contribution in [1.82, 2.24) is 0 Å². The summed E-state index contributed by atoms with van der Waals surface area (Å²) >= 11 is 0. The second-order valence-electron chi connectivity index (χ2n) is 6.03. The molecule has 0 aromatic heterocycles. The van der Waals surface area contributed by atoms with Gasteiger partial charge in [-0.05, 0) is 19.1 Å². The van der Waals surface area contributed by atoms with Crippen molar-refractivity contribution in [2.24, 2.45) is 0 Å². The zero-order valence-electron chi connectivity index (χ0n) is 14.6. The Morgan fingerprint density at radius 2 is 1.06 bits per heavy atom. The van der Waals surface area contributed by atoms with Gasteiger partial charge >= 0.3 is 35.8 Å². The van der Waals surface area contributed by atoms with Crippen molar-refractivity contribution < 1.29 is 69.7 Å². The van der Waals surface area contributed by atoms with Crippen molar-refractivity contribution in [2.45, 2.75) is 47.6 Å². The van der Waals surface area contributed by atoms with Crippen molar-refractivity contribution in [3.63, 3.8) is 0 Å². The lowest BCUT2D eigenvalue weighted by Crippen LogP contribution is -2.70. The first-order valence-corrected chi connectivity index (χ1v) is 8.78. The van der Waals surface area contributed by atoms with Gasteiger partial charge in [0.25, 0.3) is 10.1 Å². The Morgan fingerprint density at radius 1 is 0.677 bits per heavy atom. The van der Waals surface area contributed by atoms with E-state index in [0.29, 0.717) is 17.7 Å². The van der Waals surface area contributed by atoms with Gasteiger partial charge in [-0.3, -0.25) is 4.18 Å².